The predicted octanol–water partition coefficient (Wildman–Crippen LogP) is 2.36. The monoisotopic (exact) mass is 256 g/mol. The van der Waals surface area contributed by atoms with Gasteiger partial charge in [0.2, 0.25) is 0 Å². The molecule has 0 aromatic heterocycles. The van der Waals surface area contributed by atoms with Crippen LogP contribution in [-0.2, 0) is 19.0 Å². The van der Waals surface area contributed by atoms with E-state index in [9.17, 15) is 4.79 Å². The molecule has 0 amide bonds. The van der Waals surface area contributed by atoms with Gasteiger partial charge in [0.15, 0.2) is 6.29 Å². The molecule has 2 aliphatic heterocycles. The Morgan fingerprint density at radius 1 is 1.33 bits per heavy atom. The Kier molecular flexibility index (Phi) is 4.62. The molecular formula is C14H24O4. The number of carbonyl (C=O) groups is 1. The summed E-state index contributed by atoms with van der Waals surface area (Å²) >= 11 is 0. The largest absolute Gasteiger partial charge is 0.465 e. The van der Waals surface area contributed by atoms with Crippen molar-refractivity contribution in [1.29, 1.82) is 0 Å². The second-order valence-corrected chi connectivity index (χ2v) is 5.88. The van der Waals surface area contributed by atoms with Gasteiger partial charge in [0.1, 0.15) is 0 Å². The van der Waals surface area contributed by atoms with Crippen LogP contribution in [0.25, 0.3) is 0 Å². The Morgan fingerprint density at radius 2 is 2.11 bits per heavy atom. The van der Waals surface area contributed by atoms with Gasteiger partial charge in [-0.3, -0.25) is 4.79 Å². The molecule has 4 unspecified atom stereocenters. The minimum absolute atomic E-state index is 0.0575. The molecule has 2 heterocycles. The van der Waals surface area contributed by atoms with Crippen molar-refractivity contribution in [2.24, 2.45) is 17.8 Å². The summed E-state index contributed by atoms with van der Waals surface area (Å²) < 4.78 is 16.6. The second kappa shape index (κ2) is 6.02. The molecule has 0 N–H and O–H groups in total. The van der Waals surface area contributed by atoms with E-state index in [1.54, 1.807) is 0 Å². The molecule has 0 aliphatic carbocycles. The van der Waals surface area contributed by atoms with Crippen LogP contribution < -0.4 is 0 Å². The third kappa shape index (κ3) is 3.45. The summed E-state index contributed by atoms with van der Waals surface area (Å²) in [6.07, 6.45) is 2.88. The second-order valence-electron chi connectivity index (χ2n) is 5.88. The van der Waals surface area contributed by atoms with E-state index in [-0.39, 0.29) is 12.3 Å². The molecule has 18 heavy (non-hydrogen) atoms. The van der Waals surface area contributed by atoms with Crippen molar-refractivity contribution in [3.05, 3.63) is 0 Å². The molecule has 0 bridgehead atoms. The fraction of sp³-hybridized carbons (Fsp3) is 0.929. The molecule has 4 heteroatoms. The minimum Gasteiger partial charge on any atom is -0.465 e. The van der Waals surface area contributed by atoms with Crippen molar-refractivity contribution < 1.29 is 19.0 Å². The molecule has 0 aromatic carbocycles. The average molecular weight is 256 g/mol. The SMILES string of the molecule is CC(C)C1CCC(OCC(C)C2COC(=O)C2)O1. The minimum atomic E-state index is -0.0798. The maximum absolute atomic E-state index is 11.0. The summed E-state index contributed by atoms with van der Waals surface area (Å²) in [5.41, 5.74) is 0. The van der Waals surface area contributed by atoms with E-state index >= 15 is 0 Å². The number of hydrogen-bond donors (Lipinski definition) is 0. The summed E-state index contributed by atoms with van der Waals surface area (Å²) in [6, 6.07) is 0. The average Bonchev–Trinajstić information content (AvgIpc) is 2.94. The quantitative estimate of drug-likeness (QED) is 0.708. The first kappa shape index (κ1) is 13.8. The predicted molar refractivity (Wildman–Crippen MR) is 66.9 cm³/mol. The van der Waals surface area contributed by atoms with E-state index in [2.05, 4.69) is 20.8 Å². The number of carbonyl (C=O) groups excluding carboxylic acids is 1. The summed E-state index contributed by atoms with van der Waals surface area (Å²) in [7, 11) is 0. The van der Waals surface area contributed by atoms with E-state index in [1.165, 1.54) is 0 Å². The Morgan fingerprint density at radius 3 is 2.67 bits per heavy atom. The lowest BCUT2D eigenvalue weighted by Gasteiger charge is -2.21. The number of cyclic esters (lactones) is 1. The van der Waals surface area contributed by atoms with Gasteiger partial charge in [-0.05, 0) is 18.3 Å². The lowest BCUT2D eigenvalue weighted by molar-refractivity contribution is -0.150. The molecule has 2 rings (SSSR count). The Hall–Kier alpha value is -0.610. The van der Waals surface area contributed by atoms with Crippen LogP contribution in [0.3, 0.4) is 0 Å². The van der Waals surface area contributed by atoms with Gasteiger partial charge in [-0.15, -0.1) is 0 Å². The zero-order valence-corrected chi connectivity index (χ0v) is 11.6. The summed E-state index contributed by atoms with van der Waals surface area (Å²) in [6.45, 7) is 7.66. The Labute approximate surface area is 109 Å². The number of hydrogen-bond acceptors (Lipinski definition) is 4. The van der Waals surface area contributed by atoms with Crippen LogP contribution >= 0.6 is 0 Å². The van der Waals surface area contributed by atoms with Gasteiger partial charge in [-0.2, -0.15) is 0 Å². The zero-order valence-electron chi connectivity index (χ0n) is 11.6. The van der Waals surface area contributed by atoms with Gasteiger partial charge < -0.3 is 14.2 Å². The molecule has 104 valence electrons. The topological polar surface area (TPSA) is 44.8 Å². The first-order valence-electron chi connectivity index (χ1n) is 6.99. The number of esters is 1. The number of ether oxygens (including phenoxy) is 3. The molecule has 2 fully saturated rings. The van der Waals surface area contributed by atoms with Crippen LogP contribution in [0.15, 0.2) is 0 Å². The fourth-order valence-electron chi connectivity index (χ4n) is 2.54. The van der Waals surface area contributed by atoms with Crippen molar-refractivity contribution in [2.45, 2.75) is 52.4 Å². The number of rotatable bonds is 5. The fourth-order valence-corrected chi connectivity index (χ4v) is 2.54. The van der Waals surface area contributed by atoms with Crippen molar-refractivity contribution in [2.75, 3.05) is 13.2 Å². The Balaban J connectivity index is 1.67. The first-order chi connectivity index (χ1) is 8.56. The third-order valence-electron chi connectivity index (χ3n) is 3.99. The van der Waals surface area contributed by atoms with E-state index < -0.39 is 0 Å². The summed E-state index contributed by atoms with van der Waals surface area (Å²) in [5.74, 6) is 1.12. The van der Waals surface area contributed by atoms with Crippen LogP contribution in [-0.4, -0.2) is 31.6 Å². The first-order valence-corrected chi connectivity index (χ1v) is 6.99. The van der Waals surface area contributed by atoms with Crippen molar-refractivity contribution >= 4 is 5.97 Å². The molecule has 0 aromatic rings. The highest BCUT2D eigenvalue weighted by Crippen LogP contribution is 2.28. The molecule has 0 saturated carbocycles. The van der Waals surface area contributed by atoms with Crippen molar-refractivity contribution in [3.8, 4) is 0 Å². The van der Waals surface area contributed by atoms with Gasteiger partial charge in [0, 0.05) is 12.3 Å². The Bertz CT molecular complexity index is 290. The smallest absolute Gasteiger partial charge is 0.306 e. The van der Waals surface area contributed by atoms with Crippen LogP contribution in [0.2, 0.25) is 0 Å². The lowest BCUT2D eigenvalue weighted by Crippen LogP contribution is -2.23. The molecule has 0 radical (unpaired) electrons. The highest BCUT2D eigenvalue weighted by molar-refractivity contribution is 5.71. The van der Waals surface area contributed by atoms with Gasteiger partial charge in [0.25, 0.3) is 0 Å². The lowest BCUT2D eigenvalue weighted by atomic mass is 9.94. The van der Waals surface area contributed by atoms with Gasteiger partial charge in [-0.25, -0.2) is 0 Å². The van der Waals surface area contributed by atoms with E-state index in [1.807, 2.05) is 0 Å². The van der Waals surface area contributed by atoms with Crippen LogP contribution in [0.1, 0.15) is 40.0 Å². The van der Waals surface area contributed by atoms with Gasteiger partial charge >= 0.3 is 5.97 Å². The molecule has 0 spiro atoms. The van der Waals surface area contributed by atoms with E-state index in [0.29, 0.717) is 43.5 Å². The summed E-state index contributed by atoms with van der Waals surface area (Å²) in [4.78, 5) is 11.0. The van der Waals surface area contributed by atoms with E-state index in [4.69, 9.17) is 14.2 Å². The van der Waals surface area contributed by atoms with Gasteiger partial charge in [0.05, 0.1) is 25.7 Å². The maximum atomic E-state index is 11.0. The molecule has 4 nitrogen and oxygen atoms in total. The van der Waals surface area contributed by atoms with Crippen LogP contribution in [0.4, 0.5) is 0 Å². The molecule has 2 aliphatic rings. The highest BCUT2D eigenvalue weighted by Gasteiger charge is 2.31. The van der Waals surface area contributed by atoms with Crippen LogP contribution in [0, 0.1) is 17.8 Å². The van der Waals surface area contributed by atoms with Gasteiger partial charge in [-0.1, -0.05) is 20.8 Å². The van der Waals surface area contributed by atoms with Crippen LogP contribution in [0.5, 0.6) is 0 Å². The summed E-state index contributed by atoms with van der Waals surface area (Å²) in [5, 5.41) is 0. The highest BCUT2D eigenvalue weighted by atomic mass is 16.7. The maximum Gasteiger partial charge on any atom is 0.306 e. The normalized spacial score (nSPS) is 34.0. The standard InChI is InChI=1S/C14H24O4/c1-9(2)12-4-5-14(18-12)17-7-10(3)11-6-13(15)16-8-11/h9-12,14H,4-8H2,1-3H3. The van der Waals surface area contributed by atoms with E-state index in [0.717, 1.165) is 12.8 Å². The zero-order chi connectivity index (χ0) is 13.1. The van der Waals surface area contributed by atoms with Crippen molar-refractivity contribution in [1.82, 2.24) is 0 Å². The third-order valence-corrected chi connectivity index (χ3v) is 3.99. The van der Waals surface area contributed by atoms with Crippen molar-refractivity contribution in [3.63, 3.8) is 0 Å². The molecular weight excluding hydrogens is 232 g/mol. The molecule has 4 atom stereocenters. The molecule has 2 saturated heterocycles.